The van der Waals surface area contributed by atoms with Crippen LogP contribution in [0, 0.1) is 13.8 Å². The Morgan fingerprint density at radius 1 is 1.21 bits per heavy atom. The third-order valence-corrected chi connectivity index (χ3v) is 4.80. The highest BCUT2D eigenvalue weighted by molar-refractivity contribution is 6.34. The van der Waals surface area contributed by atoms with Crippen LogP contribution in [0.1, 0.15) is 11.1 Å². The number of amides is 1. The van der Waals surface area contributed by atoms with Crippen LogP contribution in [0.4, 0.5) is 5.69 Å². The number of hydrogen-bond donors (Lipinski definition) is 1. The van der Waals surface area contributed by atoms with Crippen molar-refractivity contribution in [3.63, 3.8) is 0 Å². The van der Waals surface area contributed by atoms with Gasteiger partial charge in [-0.05, 0) is 49.2 Å². The maximum absolute atomic E-state index is 13.2. The van der Waals surface area contributed by atoms with Crippen molar-refractivity contribution >= 4 is 34.8 Å². The second kappa shape index (κ2) is 9.49. The zero-order chi connectivity index (χ0) is 20.8. The van der Waals surface area contributed by atoms with Crippen LogP contribution in [0.3, 0.4) is 0 Å². The molecule has 0 aliphatic heterocycles. The number of anilines is 1. The van der Waals surface area contributed by atoms with Gasteiger partial charge in [0.05, 0.1) is 10.6 Å². The molecule has 0 saturated carbocycles. The summed E-state index contributed by atoms with van der Waals surface area (Å²) in [6.45, 7) is 7.59. The van der Waals surface area contributed by atoms with Gasteiger partial charge in [-0.1, -0.05) is 54.1 Å². The van der Waals surface area contributed by atoms with Gasteiger partial charge in [-0.15, -0.1) is 0 Å². The van der Waals surface area contributed by atoms with E-state index in [1.54, 1.807) is 37.4 Å². The molecule has 0 fully saturated rings. The minimum atomic E-state index is -0.331. The molecule has 0 spiro atoms. The molecule has 0 aliphatic carbocycles. The highest BCUT2D eigenvalue weighted by Gasteiger charge is 2.21. The van der Waals surface area contributed by atoms with E-state index in [0.29, 0.717) is 10.0 Å². The van der Waals surface area contributed by atoms with Crippen molar-refractivity contribution in [1.29, 1.82) is 0 Å². The monoisotopic (exact) mass is 416 g/mol. The van der Waals surface area contributed by atoms with E-state index in [2.05, 4.69) is 6.58 Å². The smallest absolute Gasteiger partial charge is 0.263 e. The summed E-state index contributed by atoms with van der Waals surface area (Å²) < 4.78 is 5.65. The number of allylic oxidation sites excluding steroid dienone is 2. The minimum absolute atomic E-state index is 0.0931. The first-order valence-corrected chi connectivity index (χ1v) is 9.28. The Labute approximate surface area is 175 Å². The second-order valence-electron chi connectivity index (χ2n) is 6.13. The van der Waals surface area contributed by atoms with Crippen LogP contribution in [0.5, 0.6) is 5.75 Å². The van der Waals surface area contributed by atoms with Gasteiger partial charge >= 0.3 is 0 Å². The molecule has 146 valence electrons. The molecule has 0 atom stereocenters. The van der Waals surface area contributed by atoms with Gasteiger partial charge < -0.3 is 15.4 Å². The number of carbonyl (C=O) groups is 1. The molecule has 0 saturated heterocycles. The van der Waals surface area contributed by atoms with Gasteiger partial charge in [-0.3, -0.25) is 4.79 Å². The summed E-state index contributed by atoms with van der Waals surface area (Å²) in [6.07, 6.45) is 4.70. The summed E-state index contributed by atoms with van der Waals surface area (Å²) in [7, 11) is 1.69. The SMILES string of the molecule is C=C/C=C\C(C(=O)N(C)c1cccc(C)c1C)=C(/N)Oc1cc(Cl)ccc1Cl. The molecule has 6 heteroatoms. The first-order valence-electron chi connectivity index (χ1n) is 8.52. The van der Waals surface area contributed by atoms with Gasteiger partial charge in [0.2, 0.25) is 5.88 Å². The fourth-order valence-electron chi connectivity index (χ4n) is 2.54. The third-order valence-electron chi connectivity index (χ3n) is 4.25. The van der Waals surface area contributed by atoms with Crippen molar-refractivity contribution in [3.8, 4) is 5.75 Å². The van der Waals surface area contributed by atoms with E-state index in [0.717, 1.165) is 16.8 Å². The molecule has 0 radical (unpaired) electrons. The van der Waals surface area contributed by atoms with E-state index in [9.17, 15) is 4.79 Å². The standard InChI is InChI=1S/C22H22Cl2N2O2/c1-5-6-9-17(21(25)28-20-13-16(23)11-12-18(20)24)22(27)26(4)19-10-7-8-14(2)15(19)3/h5-13H,1,25H2,2-4H3/b9-6-,21-17-. The van der Waals surface area contributed by atoms with Gasteiger partial charge in [-0.2, -0.15) is 0 Å². The maximum atomic E-state index is 13.2. The van der Waals surface area contributed by atoms with Crippen molar-refractivity contribution in [2.24, 2.45) is 5.73 Å². The predicted molar refractivity (Wildman–Crippen MR) is 117 cm³/mol. The van der Waals surface area contributed by atoms with E-state index in [4.69, 9.17) is 33.7 Å². The van der Waals surface area contributed by atoms with E-state index in [1.165, 1.54) is 11.0 Å². The molecule has 2 aromatic carbocycles. The lowest BCUT2D eigenvalue weighted by Crippen LogP contribution is -2.30. The van der Waals surface area contributed by atoms with Gasteiger partial charge in [0.25, 0.3) is 5.91 Å². The highest BCUT2D eigenvalue weighted by Crippen LogP contribution is 2.30. The number of benzene rings is 2. The van der Waals surface area contributed by atoms with E-state index in [-0.39, 0.29) is 23.1 Å². The van der Waals surface area contributed by atoms with Gasteiger partial charge in [-0.25, -0.2) is 0 Å². The summed E-state index contributed by atoms with van der Waals surface area (Å²) in [5.41, 5.74) is 9.15. The Bertz CT molecular complexity index is 965. The lowest BCUT2D eigenvalue weighted by atomic mass is 10.1. The number of ether oxygens (including phenoxy) is 1. The lowest BCUT2D eigenvalue weighted by molar-refractivity contribution is -0.114. The zero-order valence-electron chi connectivity index (χ0n) is 16.0. The Balaban J connectivity index is 2.46. The zero-order valence-corrected chi connectivity index (χ0v) is 17.5. The second-order valence-corrected chi connectivity index (χ2v) is 6.98. The summed E-state index contributed by atoms with van der Waals surface area (Å²) in [6, 6.07) is 10.5. The van der Waals surface area contributed by atoms with Crippen LogP contribution in [0.25, 0.3) is 0 Å². The van der Waals surface area contributed by atoms with E-state index < -0.39 is 0 Å². The number of hydrogen-bond acceptors (Lipinski definition) is 3. The van der Waals surface area contributed by atoms with Crippen LogP contribution >= 0.6 is 23.2 Å². The Morgan fingerprint density at radius 2 is 1.93 bits per heavy atom. The summed E-state index contributed by atoms with van der Waals surface area (Å²) >= 11 is 12.1. The molecule has 0 aliphatic rings. The van der Waals surface area contributed by atoms with Gasteiger partial charge in [0.15, 0.2) is 0 Å². The third kappa shape index (κ3) is 4.97. The Hall–Kier alpha value is -2.69. The number of carbonyl (C=O) groups excluding carboxylic acids is 1. The molecular weight excluding hydrogens is 395 g/mol. The molecule has 28 heavy (non-hydrogen) atoms. The van der Waals surface area contributed by atoms with Crippen LogP contribution in [-0.2, 0) is 4.79 Å². The number of likely N-dealkylation sites (N-methyl/N-ethyl adjacent to an activating group) is 1. The fourth-order valence-corrected chi connectivity index (χ4v) is 2.86. The highest BCUT2D eigenvalue weighted by atomic mass is 35.5. The molecule has 0 aromatic heterocycles. The number of halogens is 2. The molecular formula is C22H22Cl2N2O2. The number of nitrogens with two attached hydrogens (primary N) is 1. The summed E-state index contributed by atoms with van der Waals surface area (Å²) in [4.78, 5) is 14.7. The summed E-state index contributed by atoms with van der Waals surface area (Å²) in [5.74, 6) is -0.162. The van der Waals surface area contributed by atoms with E-state index in [1.807, 2.05) is 32.0 Å². The molecule has 2 N–H and O–H groups in total. The first kappa shape index (κ1) is 21.6. The largest absolute Gasteiger partial charge is 0.439 e. The number of aryl methyl sites for hydroxylation is 1. The maximum Gasteiger partial charge on any atom is 0.263 e. The van der Waals surface area contributed by atoms with E-state index >= 15 is 0 Å². The van der Waals surface area contributed by atoms with Crippen LogP contribution in [0.15, 0.2) is 72.7 Å². The van der Waals surface area contributed by atoms with Crippen LogP contribution in [0.2, 0.25) is 10.0 Å². The predicted octanol–water partition coefficient (Wildman–Crippen LogP) is 5.56. The molecule has 1 amide bonds. The molecule has 4 nitrogen and oxygen atoms in total. The van der Waals surface area contributed by atoms with Crippen molar-refractivity contribution in [1.82, 2.24) is 0 Å². The number of rotatable bonds is 6. The molecule has 0 heterocycles. The molecule has 0 unspecified atom stereocenters. The average Bonchev–Trinajstić information content (AvgIpc) is 2.66. The first-order chi connectivity index (χ1) is 13.3. The molecule has 2 aromatic rings. The van der Waals surface area contributed by atoms with Gasteiger partial charge in [0, 0.05) is 23.8 Å². The van der Waals surface area contributed by atoms with Crippen molar-refractivity contribution in [2.45, 2.75) is 13.8 Å². The van der Waals surface area contributed by atoms with Crippen LogP contribution in [-0.4, -0.2) is 13.0 Å². The normalized spacial score (nSPS) is 11.9. The topological polar surface area (TPSA) is 55.6 Å². The average molecular weight is 417 g/mol. The van der Waals surface area contributed by atoms with Crippen molar-refractivity contribution < 1.29 is 9.53 Å². The summed E-state index contributed by atoms with van der Waals surface area (Å²) in [5, 5.41) is 0.768. The Morgan fingerprint density at radius 3 is 2.61 bits per heavy atom. The lowest BCUT2D eigenvalue weighted by Gasteiger charge is -2.22. The quantitative estimate of drug-likeness (QED) is 0.380. The molecule has 2 rings (SSSR count). The van der Waals surface area contributed by atoms with Crippen molar-refractivity contribution in [2.75, 3.05) is 11.9 Å². The van der Waals surface area contributed by atoms with Crippen LogP contribution < -0.4 is 15.4 Å². The Kier molecular flexibility index (Phi) is 7.32. The molecule has 0 bridgehead atoms. The minimum Gasteiger partial charge on any atom is -0.439 e. The van der Waals surface area contributed by atoms with Gasteiger partial charge in [0.1, 0.15) is 5.75 Å². The fraction of sp³-hybridized carbons (Fsp3) is 0.136. The van der Waals surface area contributed by atoms with Crippen molar-refractivity contribution in [3.05, 3.63) is 93.8 Å². The number of nitrogens with zero attached hydrogens (tertiary/aromatic N) is 1.